The quantitative estimate of drug-likeness (QED) is 0.647. The summed E-state index contributed by atoms with van der Waals surface area (Å²) < 4.78 is 30.9. The number of carbonyl (C=O) groups excluding carboxylic acids is 2. The van der Waals surface area contributed by atoms with Crippen LogP contribution in [0.2, 0.25) is 0 Å². The minimum absolute atomic E-state index is 0.138. The second kappa shape index (κ2) is 8.26. The molecule has 6 nitrogen and oxygen atoms in total. The van der Waals surface area contributed by atoms with E-state index in [0.717, 1.165) is 12.1 Å². The third-order valence-corrected chi connectivity index (χ3v) is 3.75. The lowest BCUT2D eigenvalue weighted by molar-refractivity contribution is 0.0600. The van der Waals surface area contributed by atoms with Crippen LogP contribution in [0.15, 0.2) is 60.8 Å². The van der Waals surface area contributed by atoms with E-state index in [0.29, 0.717) is 22.6 Å². The predicted octanol–water partition coefficient (Wildman–Crippen LogP) is 4.14. The Morgan fingerprint density at radius 3 is 2.39 bits per heavy atom. The number of methoxy groups -OCH3 is 1. The minimum Gasteiger partial charge on any atom is -0.465 e. The van der Waals surface area contributed by atoms with Gasteiger partial charge < -0.3 is 15.4 Å². The van der Waals surface area contributed by atoms with Gasteiger partial charge in [-0.2, -0.15) is 0 Å². The first-order chi connectivity index (χ1) is 13.5. The van der Waals surface area contributed by atoms with Crippen LogP contribution >= 0.6 is 0 Å². The summed E-state index contributed by atoms with van der Waals surface area (Å²) in [6.07, 6.45) is 1.39. The molecule has 0 saturated heterocycles. The summed E-state index contributed by atoms with van der Waals surface area (Å²) in [6, 6.07) is 12.8. The van der Waals surface area contributed by atoms with Gasteiger partial charge >= 0.3 is 5.97 Å². The molecule has 142 valence electrons. The maximum atomic E-state index is 13.2. The van der Waals surface area contributed by atoms with Crippen LogP contribution in [0, 0.1) is 11.6 Å². The number of ether oxygens (including phenoxy) is 1. The monoisotopic (exact) mass is 383 g/mol. The molecular formula is C20H15F2N3O3. The minimum atomic E-state index is -0.969. The number of pyridine rings is 1. The lowest BCUT2D eigenvalue weighted by atomic mass is 10.2. The van der Waals surface area contributed by atoms with E-state index in [2.05, 4.69) is 20.4 Å². The lowest BCUT2D eigenvalue weighted by Gasteiger charge is -2.08. The molecule has 3 aromatic rings. The Labute approximate surface area is 159 Å². The highest BCUT2D eigenvalue weighted by atomic mass is 19.2. The number of esters is 1. The average Bonchev–Trinajstić information content (AvgIpc) is 2.71. The molecule has 0 saturated carbocycles. The first-order valence-corrected chi connectivity index (χ1v) is 8.14. The first-order valence-electron chi connectivity index (χ1n) is 8.14. The molecule has 0 aliphatic carbocycles. The van der Waals surface area contributed by atoms with Gasteiger partial charge in [0.15, 0.2) is 11.6 Å². The Kier molecular flexibility index (Phi) is 5.59. The number of benzene rings is 2. The molecule has 1 heterocycles. The van der Waals surface area contributed by atoms with Crippen LogP contribution in [-0.4, -0.2) is 24.0 Å². The average molecular weight is 383 g/mol. The fourth-order valence-electron chi connectivity index (χ4n) is 2.38. The molecule has 0 atom stereocenters. The van der Waals surface area contributed by atoms with Crippen LogP contribution in [0.4, 0.5) is 25.8 Å². The van der Waals surface area contributed by atoms with Gasteiger partial charge in [0.1, 0.15) is 5.69 Å². The SMILES string of the molecule is COC(=O)c1cccc(NC(=O)c2ccc(Nc3ccc(F)c(F)c3)cn2)c1. The third-order valence-electron chi connectivity index (χ3n) is 3.75. The van der Waals surface area contributed by atoms with Gasteiger partial charge in [-0.1, -0.05) is 6.07 Å². The van der Waals surface area contributed by atoms with Crippen LogP contribution in [0.1, 0.15) is 20.8 Å². The van der Waals surface area contributed by atoms with Crippen molar-refractivity contribution in [3.05, 3.63) is 83.7 Å². The normalized spacial score (nSPS) is 10.2. The fourth-order valence-corrected chi connectivity index (χ4v) is 2.38. The van der Waals surface area contributed by atoms with Crippen molar-refractivity contribution in [2.75, 3.05) is 17.7 Å². The number of amides is 1. The molecule has 0 aliphatic rings. The van der Waals surface area contributed by atoms with Gasteiger partial charge in [-0.25, -0.2) is 18.6 Å². The number of nitrogens with zero attached hydrogens (tertiary/aromatic N) is 1. The number of halogens is 2. The number of hydrogen-bond acceptors (Lipinski definition) is 5. The van der Waals surface area contributed by atoms with E-state index in [-0.39, 0.29) is 5.69 Å². The number of rotatable bonds is 5. The lowest BCUT2D eigenvalue weighted by Crippen LogP contribution is -2.14. The molecule has 0 fully saturated rings. The highest BCUT2D eigenvalue weighted by molar-refractivity contribution is 6.03. The second-order valence-corrected chi connectivity index (χ2v) is 5.71. The van der Waals surface area contributed by atoms with Gasteiger partial charge in [-0.15, -0.1) is 0 Å². The van der Waals surface area contributed by atoms with Crippen molar-refractivity contribution in [3.63, 3.8) is 0 Å². The zero-order valence-corrected chi connectivity index (χ0v) is 14.7. The summed E-state index contributed by atoms with van der Waals surface area (Å²) in [4.78, 5) is 27.9. The van der Waals surface area contributed by atoms with Gasteiger partial charge in [-0.05, 0) is 42.5 Å². The summed E-state index contributed by atoms with van der Waals surface area (Å²) >= 11 is 0. The van der Waals surface area contributed by atoms with Gasteiger partial charge in [0.25, 0.3) is 5.91 Å². The molecule has 2 aromatic carbocycles. The van der Waals surface area contributed by atoms with E-state index in [1.165, 1.54) is 31.5 Å². The molecule has 28 heavy (non-hydrogen) atoms. The summed E-state index contributed by atoms with van der Waals surface area (Å²) in [7, 11) is 1.27. The van der Waals surface area contributed by atoms with Gasteiger partial charge in [-0.3, -0.25) is 4.79 Å². The topological polar surface area (TPSA) is 80.3 Å². The fraction of sp³-hybridized carbons (Fsp3) is 0.0500. The van der Waals surface area contributed by atoms with Crippen LogP contribution in [0.5, 0.6) is 0 Å². The van der Waals surface area contributed by atoms with Crippen LogP contribution in [0.25, 0.3) is 0 Å². The van der Waals surface area contributed by atoms with Crippen molar-refractivity contribution in [3.8, 4) is 0 Å². The van der Waals surface area contributed by atoms with E-state index < -0.39 is 23.5 Å². The van der Waals surface area contributed by atoms with Crippen LogP contribution in [0.3, 0.4) is 0 Å². The zero-order chi connectivity index (χ0) is 20.1. The van der Waals surface area contributed by atoms with E-state index in [1.807, 2.05) is 0 Å². The van der Waals surface area contributed by atoms with E-state index in [1.54, 1.807) is 24.3 Å². The molecule has 0 bridgehead atoms. The number of nitrogens with one attached hydrogen (secondary N) is 2. The standard InChI is InChI=1S/C20H15F2N3O3/c1-28-20(27)12-3-2-4-13(9-12)25-19(26)18-8-6-15(11-23-18)24-14-5-7-16(21)17(22)10-14/h2-11,24H,1H3,(H,25,26). The van der Waals surface area contributed by atoms with Crippen molar-refractivity contribution >= 4 is 28.9 Å². The van der Waals surface area contributed by atoms with Gasteiger partial charge in [0.05, 0.1) is 24.6 Å². The van der Waals surface area contributed by atoms with Crippen LogP contribution < -0.4 is 10.6 Å². The summed E-state index contributed by atoms with van der Waals surface area (Å²) in [5.74, 6) is -2.89. The van der Waals surface area contributed by atoms with E-state index in [4.69, 9.17) is 0 Å². The van der Waals surface area contributed by atoms with Gasteiger partial charge in [0.2, 0.25) is 0 Å². The largest absolute Gasteiger partial charge is 0.465 e. The van der Waals surface area contributed by atoms with Crippen molar-refractivity contribution in [2.45, 2.75) is 0 Å². The Morgan fingerprint density at radius 1 is 0.929 bits per heavy atom. The Morgan fingerprint density at radius 2 is 1.71 bits per heavy atom. The molecule has 8 heteroatoms. The van der Waals surface area contributed by atoms with Crippen molar-refractivity contribution in [2.24, 2.45) is 0 Å². The highest BCUT2D eigenvalue weighted by Gasteiger charge is 2.11. The number of anilines is 3. The zero-order valence-electron chi connectivity index (χ0n) is 14.7. The molecule has 0 spiro atoms. The molecule has 0 radical (unpaired) electrons. The molecule has 1 amide bonds. The Hall–Kier alpha value is -3.81. The molecule has 3 rings (SSSR count). The molecule has 0 aliphatic heterocycles. The summed E-state index contributed by atoms with van der Waals surface area (Å²) in [5.41, 5.74) is 1.70. The summed E-state index contributed by atoms with van der Waals surface area (Å²) in [5, 5.41) is 5.50. The molecule has 0 unspecified atom stereocenters. The first kappa shape index (κ1) is 19.0. The number of hydrogen-bond donors (Lipinski definition) is 2. The maximum absolute atomic E-state index is 13.2. The van der Waals surface area contributed by atoms with E-state index in [9.17, 15) is 18.4 Å². The third kappa shape index (κ3) is 4.47. The summed E-state index contributed by atoms with van der Waals surface area (Å²) in [6.45, 7) is 0. The van der Waals surface area contributed by atoms with Crippen LogP contribution in [-0.2, 0) is 4.74 Å². The van der Waals surface area contributed by atoms with Crippen molar-refractivity contribution in [1.82, 2.24) is 4.98 Å². The Balaban J connectivity index is 1.68. The number of carbonyl (C=O) groups is 2. The smallest absolute Gasteiger partial charge is 0.337 e. The highest BCUT2D eigenvalue weighted by Crippen LogP contribution is 2.19. The molecule has 2 N–H and O–H groups in total. The van der Waals surface area contributed by atoms with Crippen molar-refractivity contribution < 1.29 is 23.1 Å². The Bertz CT molecular complexity index is 1020. The van der Waals surface area contributed by atoms with E-state index >= 15 is 0 Å². The van der Waals surface area contributed by atoms with Crippen molar-refractivity contribution in [1.29, 1.82) is 0 Å². The number of aromatic nitrogens is 1. The predicted molar refractivity (Wildman–Crippen MR) is 99.6 cm³/mol. The second-order valence-electron chi connectivity index (χ2n) is 5.71. The molecule has 1 aromatic heterocycles. The van der Waals surface area contributed by atoms with Gasteiger partial charge in [0, 0.05) is 17.4 Å². The molecular weight excluding hydrogens is 368 g/mol. The maximum Gasteiger partial charge on any atom is 0.337 e.